The van der Waals surface area contributed by atoms with Gasteiger partial charge in [0.05, 0.1) is 5.69 Å². The molecule has 0 aliphatic rings. The van der Waals surface area contributed by atoms with Gasteiger partial charge in [-0.15, -0.1) is 0 Å². The van der Waals surface area contributed by atoms with Gasteiger partial charge in [-0.2, -0.15) is 0 Å². The highest BCUT2D eigenvalue weighted by atomic mass is 19.1. The van der Waals surface area contributed by atoms with Crippen molar-refractivity contribution in [2.24, 2.45) is 0 Å². The van der Waals surface area contributed by atoms with Crippen molar-refractivity contribution in [3.63, 3.8) is 0 Å². The zero-order valence-electron chi connectivity index (χ0n) is 13.2. The molecule has 0 saturated carbocycles. The van der Waals surface area contributed by atoms with E-state index in [-0.39, 0.29) is 5.78 Å². The molecule has 0 saturated heterocycles. The van der Waals surface area contributed by atoms with Crippen LogP contribution >= 0.6 is 0 Å². The molecule has 2 aromatic rings. The van der Waals surface area contributed by atoms with Gasteiger partial charge < -0.3 is 4.74 Å². The molecule has 0 aromatic heterocycles. The predicted molar refractivity (Wildman–Crippen MR) is 86.1 cm³/mol. The van der Waals surface area contributed by atoms with Crippen molar-refractivity contribution < 1.29 is 18.7 Å². The fraction of sp³-hybridized carbons (Fsp3) is 0.222. The quantitative estimate of drug-likeness (QED) is 0.854. The van der Waals surface area contributed by atoms with Crippen LogP contribution in [0.5, 0.6) is 0 Å². The summed E-state index contributed by atoms with van der Waals surface area (Å²) < 4.78 is 18.2. The Morgan fingerprint density at radius 2 is 1.61 bits per heavy atom. The van der Waals surface area contributed by atoms with E-state index in [1.165, 1.54) is 24.3 Å². The van der Waals surface area contributed by atoms with Crippen LogP contribution in [0.4, 0.5) is 14.9 Å². The highest BCUT2D eigenvalue weighted by molar-refractivity contribution is 6.13. The summed E-state index contributed by atoms with van der Waals surface area (Å²) in [7, 11) is 0. The topological polar surface area (TPSA) is 55.4 Å². The van der Waals surface area contributed by atoms with Gasteiger partial charge in [0.1, 0.15) is 11.4 Å². The van der Waals surface area contributed by atoms with Crippen molar-refractivity contribution in [1.82, 2.24) is 0 Å². The highest BCUT2D eigenvalue weighted by Gasteiger charge is 2.19. The molecule has 120 valence electrons. The number of carbonyl (C=O) groups excluding carboxylic acids is 2. The van der Waals surface area contributed by atoms with Gasteiger partial charge >= 0.3 is 6.09 Å². The number of amides is 1. The molecule has 4 nitrogen and oxygen atoms in total. The fourth-order valence-corrected chi connectivity index (χ4v) is 1.96. The number of halogens is 1. The second kappa shape index (κ2) is 6.60. The van der Waals surface area contributed by atoms with Crippen LogP contribution in [0.3, 0.4) is 0 Å². The fourth-order valence-electron chi connectivity index (χ4n) is 1.96. The number of ketones is 1. The zero-order valence-corrected chi connectivity index (χ0v) is 13.2. The van der Waals surface area contributed by atoms with Crippen LogP contribution in [-0.2, 0) is 4.74 Å². The van der Waals surface area contributed by atoms with Gasteiger partial charge in [-0.25, -0.2) is 9.18 Å². The van der Waals surface area contributed by atoms with Crippen LogP contribution in [0.2, 0.25) is 0 Å². The Morgan fingerprint density at radius 1 is 1.00 bits per heavy atom. The third-order valence-corrected chi connectivity index (χ3v) is 2.91. The van der Waals surface area contributed by atoms with Crippen LogP contribution in [0.15, 0.2) is 48.5 Å². The Balaban J connectivity index is 2.25. The summed E-state index contributed by atoms with van der Waals surface area (Å²) in [5, 5.41) is 2.57. The lowest BCUT2D eigenvalue weighted by Crippen LogP contribution is -2.27. The van der Waals surface area contributed by atoms with E-state index in [4.69, 9.17) is 4.74 Å². The number of rotatable bonds is 3. The van der Waals surface area contributed by atoms with Crippen LogP contribution < -0.4 is 5.32 Å². The minimum atomic E-state index is -0.642. The third-order valence-electron chi connectivity index (χ3n) is 2.91. The number of anilines is 1. The molecular weight excluding hydrogens is 297 g/mol. The summed E-state index contributed by atoms with van der Waals surface area (Å²) in [6.07, 6.45) is -0.642. The average Bonchev–Trinajstić information content (AvgIpc) is 2.46. The van der Waals surface area contributed by atoms with E-state index in [1.54, 1.807) is 45.0 Å². The van der Waals surface area contributed by atoms with Gasteiger partial charge in [0.2, 0.25) is 0 Å². The molecule has 0 atom stereocenters. The van der Waals surface area contributed by atoms with E-state index in [1.807, 2.05) is 0 Å². The predicted octanol–water partition coefficient (Wildman–Crippen LogP) is 4.40. The molecule has 5 heteroatoms. The van der Waals surface area contributed by atoms with Crippen LogP contribution in [0.1, 0.15) is 36.7 Å². The van der Waals surface area contributed by atoms with E-state index < -0.39 is 17.5 Å². The lowest BCUT2D eigenvalue weighted by atomic mass is 10.0. The molecule has 0 spiro atoms. The van der Waals surface area contributed by atoms with Crippen molar-refractivity contribution in [1.29, 1.82) is 0 Å². The summed E-state index contributed by atoms with van der Waals surface area (Å²) in [4.78, 5) is 24.4. The molecule has 1 N–H and O–H groups in total. The maximum atomic E-state index is 13.0. The molecule has 0 unspecified atom stereocenters. The van der Waals surface area contributed by atoms with Crippen molar-refractivity contribution in [3.8, 4) is 0 Å². The molecule has 0 aliphatic heterocycles. The van der Waals surface area contributed by atoms with E-state index >= 15 is 0 Å². The molecule has 2 rings (SSSR count). The second-order valence-electron chi connectivity index (χ2n) is 6.01. The van der Waals surface area contributed by atoms with Gasteiger partial charge in [-0.05, 0) is 57.2 Å². The summed E-state index contributed by atoms with van der Waals surface area (Å²) in [6.45, 7) is 5.26. The van der Waals surface area contributed by atoms with Crippen LogP contribution in [0.25, 0.3) is 0 Å². The lowest BCUT2D eigenvalue weighted by Gasteiger charge is -2.20. The lowest BCUT2D eigenvalue weighted by molar-refractivity contribution is 0.0636. The molecule has 23 heavy (non-hydrogen) atoms. The number of nitrogens with one attached hydrogen (secondary N) is 1. The van der Waals surface area contributed by atoms with Crippen LogP contribution in [0, 0.1) is 5.82 Å². The first-order valence-corrected chi connectivity index (χ1v) is 7.15. The smallest absolute Gasteiger partial charge is 0.412 e. The normalized spacial score (nSPS) is 11.0. The standard InChI is InChI=1S/C18H18FNO3/c1-18(2,3)23-17(22)20-15-7-5-4-6-14(15)16(21)12-8-10-13(19)11-9-12/h4-11H,1-3H3,(H,20,22). The third kappa shape index (κ3) is 4.64. The Kier molecular flexibility index (Phi) is 4.79. The molecule has 0 fully saturated rings. The number of hydrogen-bond acceptors (Lipinski definition) is 3. The Bertz CT molecular complexity index is 718. The molecular formula is C18H18FNO3. The van der Waals surface area contributed by atoms with Crippen molar-refractivity contribution >= 4 is 17.6 Å². The van der Waals surface area contributed by atoms with Gasteiger partial charge in [-0.3, -0.25) is 10.1 Å². The number of benzene rings is 2. The van der Waals surface area contributed by atoms with E-state index in [0.29, 0.717) is 16.8 Å². The first kappa shape index (κ1) is 16.7. The molecule has 0 heterocycles. The second-order valence-corrected chi connectivity index (χ2v) is 6.01. The highest BCUT2D eigenvalue weighted by Crippen LogP contribution is 2.20. The summed E-state index contributed by atoms with van der Waals surface area (Å²) >= 11 is 0. The maximum Gasteiger partial charge on any atom is 0.412 e. The number of ether oxygens (including phenoxy) is 1. The molecule has 2 aromatic carbocycles. The van der Waals surface area contributed by atoms with E-state index in [9.17, 15) is 14.0 Å². The largest absolute Gasteiger partial charge is 0.444 e. The first-order valence-electron chi connectivity index (χ1n) is 7.15. The maximum absolute atomic E-state index is 13.0. The SMILES string of the molecule is CC(C)(C)OC(=O)Nc1ccccc1C(=O)c1ccc(F)cc1. The van der Waals surface area contributed by atoms with Crippen molar-refractivity contribution in [3.05, 3.63) is 65.5 Å². The molecule has 1 amide bonds. The average molecular weight is 315 g/mol. The van der Waals surface area contributed by atoms with Gasteiger partial charge in [-0.1, -0.05) is 12.1 Å². The summed E-state index contributed by atoms with van der Waals surface area (Å²) in [6, 6.07) is 11.8. The Labute approximate surface area is 134 Å². The number of hydrogen-bond donors (Lipinski definition) is 1. The minimum Gasteiger partial charge on any atom is -0.444 e. The Morgan fingerprint density at radius 3 is 2.22 bits per heavy atom. The summed E-state index contributed by atoms with van der Waals surface area (Å²) in [5.41, 5.74) is 0.353. The van der Waals surface area contributed by atoms with Gasteiger partial charge in [0.25, 0.3) is 0 Å². The van der Waals surface area contributed by atoms with Gasteiger partial charge in [0.15, 0.2) is 5.78 Å². The van der Waals surface area contributed by atoms with Crippen molar-refractivity contribution in [2.45, 2.75) is 26.4 Å². The minimum absolute atomic E-state index is 0.309. The van der Waals surface area contributed by atoms with E-state index in [0.717, 1.165) is 0 Å². The number of para-hydroxylation sites is 1. The van der Waals surface area contributed by atoms with E-state index in [2.05, 4.69) is 5.32 Å². The van der Waals surface area contributed by atoms with Crippen LogP contribution in [-0.4, -0.2) is 17.5 Å². The monoisotopic (exact) mass is 315 g/mol. The first-order chi connectivity index (χ1) is 10.8. The zero-order chi connectivity index (χ0) is 17.0. The Hall–Kier alpha value is -2.69. The molecule has 0 bridgehead atoms. The molecule has 0 aliphatic carbocycles. The summed E-state index contributed by atoms with van der Waals surface area (Å²) in [5.74, 6) is -0.724. The van der Waals surface area contributed by atoms with Crippen molar-refractivity contribution in [2.75, 3.05) is 5.32 Å². The number of carbonyl (C=O) groups is 2. The molecule has 0 radical (unpaired) electrons. The van der Waals surface area contributed by atoms with Gasteiger partial charge in [0, 0.05) is 11.1 Å².